The van der Waals surface area contributed by atoms with Gasteiger partial charge in [0.1, 0.15) is 20.7 Å². The van der Waals surface area contributed by atoms with Crippen LogP contribution >= 0.6 is 48.0 Å². The molecule has 1 aromatic heterocycles. The Labute approximate surface area is 328 Å². The van der Waals surface area contributed by atoms with E-state index in [-0.39, 0.29) is 0 Å². The summed E-state index contributed by atoms with van der Waals surface area (Å²) in [5, 5.41) is 27.3. The van der Waals surface area contributed by atoms with E-state index in [9.17, 15) is 19.8 Å². The van der Waals surface area contributed by atoms with Gasteiger partial charge in [0, 0.05) is 90.0 Å². The zero-order valence-corrected chi connectivity index (χ0v) is 33.9. The predicted octanol–water partition coefficient (Wildman–Crippen LogP) is 2.35. The molecular formula is C35H58N8O5S4. The molecule has 4 heterocycles. The Bertz CT molecular complexity index is 1180. The number of likely N-dealkylation sites (tertiary alicyclic amines) is 1. The average Bonchev–Trinajstić information content (AvgIpc) is 3.13. The number of thioether (sulfide) groups is 2. The molecule has 0 aliphatic carbocycles. The number of aliphatic carboxylic acids is 2. The number of hydrogen-bond acceptors (Lipinski definition) is 13. The Kier molecular flexibility index (Phi) is 19.9. The van der Waals surface area contributed by atoms with Gasteiger partial charge in [-0.2, -0.15) is 0 Å². The van der Waals surface area contributed by atoms with E-state index >= 15 is 0 Å². The number of aromatic nitrogens is 1. The fourth-order valence-corrected chi connectivity index (χ4v) is 8.88. The summed E-state index contributed by atoms with van der Waals surface area (Å²) >= 11 is 14.1. The maximum Gasteiger partial charge on any atom is 0.320 e. The van der Waals surface area contributed by atoms with Crippen LogP contribution in [-0.4, -0.2) is 183 Å². The molecule has 2 atom stereocenters. The molecule has 2 fully saturated rings. The molecule has 0 amide bonds. The van der Waals surface area contributed by atoms with Crippen molar-refractivity contribution in [3.8, 4) is 0 Å². The Morgan fingerprint density at radius 1 is 0.769 bits per heavy atom. The molecule has 17 heteroatoms. The third-order valence-corrected chi connectivity index (χ3v) is 12.5. The summed E-state index contributed by atoms with van der Waals surface area (Å²) in [6.45, 7) is 12.2. The predicted molar refractivity (Wildman–Crippen MR) is 218 cm³/mol. The highest BCUT2D eigenvalue weighted by Gasteiger charge is 2.29. The number of morpholine rings is 1. The molecule has 3 aliphatic rings. The molecule has 13 nitrogen and oxygen atoms in total. The van der Waals surface area contributed by atoms with Crippen molar-refractivity contribution in [3.05, 3.63) is 29.6 Å². The number of likely N-dealkylation sites (N-methyl/N-ethyl adjacent to an activating group) is 1. The van der Waals surface area contributed by atoms with Gasteiger partial charge in [-0.25, -0.2) is 0 Å². The van der Waals surface area contributed by atoms with Crippen LogP contribution in [0.25, 0.3) is 0 Å². The summed E-state index contributed by atoms with van der Waals surface area (Å²) in [7, 11) is 2.01. The van der Waals surface area contributed by atoms with Crippen LogP contribution in [0.15, 0.2) is 18.2 Å². The molecule has 1 aromatic rings. The van der Waals surface area contributed by atoms with Gasteiger partial charge in [-0.3, -0.25) is 29.3 Å². The fourth-order valence-electron chi connectivity index (χ4n) is 6.71. The second-order valence-electron chi connectivity index (χ2n) is 13.6. The zero-order valence-electron chi connectivity index (χ0n) is 30.6. The minimum Gasteiger partial charge on any atom is -0.480 e. The maximum absolute atomic E-state index is 12.6. The molecule has 4 rings (SSSR count). The van der Waals surface area contributed by atoms with Crippen molar-refractivity contribution in [1.82, 2.24) is 40.1 Å². The van der Waals surface area contributed by atoms with Gasteiger partial charge in [-0.15, -0.1) is 0 Å². The number of carboxylic acids is 2. The molecule has 0 aromatic carbocycles. The summed E-state index contributed by atoms with van der Waals surface area (Å²) in [6, 6.07) is 4.39. The largest absolute Gasteiger partial charge is 0.480 e. The van der Waals surface area contributed by atoms with E-state index in [4.69, 9.17) is 34.2 Å². The lowest BCUT2D eigenvalue weighted by molar-refractivity contribution is -0.144. The van der Waals surface area contributed by atoms with Crippen LogP contribution in [0.1, 0.15) is 43.5 Å². The molecule has 2 bridgehead atoms. The van der Waals surface area contributed by atoms with Gasteiger partial charge >= 0.3 is 11.9 Å². The fraction of sp³-hybridized carbons (Fsp3) is 0.743. The number of carbonyl (C=O) groups is 2. The van der Waals surface area contributed by atoms with Crippen molar-refractivity contribution in [2.24, 2.45) is 0 Å². The number of pyridine rings is 1. The van der Waals surface area contributed by atoms with Gasteiger partial charge in [0.25, 0.3) is 0 Å². The molecule has 0 saturated carbocycles. The second kappa shape index (κ2) is 24.0. The first-order valence-electron chi connectivity index (χ1n) is 18.6. The van der Waals surface area contributed by atoms with Crippen LogP contribution in [0.4, 0.5) is 0 Å². The SMILES string of the molecule is CN1CCN(C(CCSC(=S)NCCN2CCCCC2)C(=O)O)Cc2cccc(n2)CN(C(CCSC(=S)NCCN2CCOCC2)C(=O)O)CC1. The number of ether oxygens (including phenoxy) is 1. The van der Waals surface area contributed by atoms with Crippen LogP contribution in [-0.2, 0) is 27.4 Å². The first-order chi connectivity index (χ1) is 25.2. The van der Waals surface area contributed by atoms with E-state index in [1.165, 1.54) is 42.8 Å². The average molecular weight is 799 g/mol. The Morgan fingerprint density at radius 3 is 1.73 bits per heavy atom. The maximum atomic E-state index is 12.6. The minimum absolute atomic E-state index is 0.382. The Balaban J connectivity index is 1.30. The van der Waals surface area contributed by atoms with Gasteiger partial charge in [0.05, 0.1) is 24.6 Å². The smallest absolute Gasteiger partial charge is 0.320 e. The standard InChI is InChI=1S/C35H58N8O5S4/c1-39-16-18-42(30(32(44)45)8-24-51-34(49)36-10-14-40-12-3-2-4-13-40)26-28-6-5-7-29(38-28)27-43(19-17-39)31(33(46)47)9-25-52-35(50)37-11-15-41-20-22-48-23-21-41/h5-7,30-31H,2-4,8-27H2,1H3,(H,36,49)(H,37,50)(H,44,45)(H,46,47). The highest BCUT2D eigenvalue weighted by Crippen LogP contribution is 2.19. The molecule has 4 N–H and O–H groups in total. The lowest BCUT2D eigenvalue weighted by Crippen LogP contribution is -2.48. The topological polar surface area (TPSA) is 137 Å². The van der Waals surface area contributed by atoms with Gasteiger partial charge in [0.15, 0.2) is 0 Å². The van der Waals surface area contributed by atoms with Gasteiger partial charge in [0.2, 0.25) is 0 Å². The Morgan fingerprint density at radius 2 is 1.25 bits per heavy atom. The molecule has 3 aliphatic heterocycles. The van der Waals surface area contributed by atoms with Crippen LogP contribution in [0.2, 0.25) is 0 Å². The lowest BCUT2D eigenvalue weighted by atomic mass is 10.1. The molecule has 0 spiro atoms. The third-order valence-electron chi connectivity index (χ3n) is 9.78. The summed E-state index contributed by atoms with van der Waals surface area (Å²) in [6.07, 6.45) is 4.73. The summed E-state index contributed by atoms with van der Waals surface area (Å²) in [4.78, 5) is 41.1. The van der Waals surface area contributed by atoms with E-state index in [0.717, 1.165) is 77.0 Å². The van der Waals surface area contributed by atoms with Crippen LogP contribution < -0.4 is 10.6 Å². The van der Waals surface area contributed by atoms with E-state index in [1.807, 2.05) is 35.0 Å². The number of nitrogens with zero attached hydrogens (tertiary/aromatic N) is 6. The summed E-state index contributed by atoms with van der Waals surface area (Å²) < 4.78 is 6.81. The third kappa shape index (κ3) is 16.0. The van der Waals surface area contributed by atoms with Gasteiger partial charge in [-0.1, -0.05) is 60.4 Å². The van der Waals surface area contributed by atoms with E-state index < -0.39 is 24.0 Å². The number of rotatable bonds is 16. The molecule has 2 unspecified atom stereocenters. The second-order valence-corrected chi connectivity index (χ2v) is 17.2. The quantitative estimate of drug-likeness (QED) is 0.182. The van der Waals surface area contributed by atoms with E-state index in [2.05, 4.69) is 25.3 Å². The van der Waals surface area contributed by atoms with Crippen molar-refractivity contribution in [3.63, 3.8) is 0 Å². The van der Waals surface area contributed by atoms with Crippen molar-refractivity contribution >= 4 is 68.5 Å². The molecular weight excluding hydrogens is 741 g/mol. The summed E-state index contributed by atoms with van der Waals surface area (Å²) in [5.41, 5.74) is 1.54. The molecule has 52 heavy (non-hydrogen) atoms. The number of nitrogens with one attached hydrogen (secondary N) is 2. The van der Waals surface area contributed by atoms with Crippen molar-refractivity contribution in [1.29, 1.82) is 0 Å². The van der Waals surface area contributed by atoms with Crippen LogP contribution in [0.3, 0.4) is 0 Å². The zero-order chi connectivity index (χ0) is 37.1. The first-order valence-corrected chi connectivity index (χ1v) is 21.4. The molecule has 2 saturated heterocycles. The highest BCUT2D eigenvalue weighted by molar-refractivity contribution is 8.23. The molecule has 0 radical (unpaired) electrons. The molecule has 292 valence electrons. The number of hydrogen-bond donors (Lipinski definition) is 4. The van der Waals surface area contributed by atoms with Crippen molar-refractivity contribution in [2.45, 2.75) is 57.3 Å². The number of fused-ring (bicyclic) bond motifs is 2. The monoisotopic (exact) mass is 798 g/mol. The minimum atomic E-state index is -0.859. The highest BCUT2D eigenvalue weighted by atomic mass is 32.2. The lowest BCUT2D eigenvalue weighted by Gasteiger charge is -2.33. The normalized spacial score (nSPS) is 20.2. The number of carboxylic acid groups (broad SMARTS) is 2. The van der Waals surface area contributed by atoms with Crippen LogP contribution in [0.5, 0.6) is 0 Å². The van der Waals surface area contributed by atoms with E-state index in [0.29, 0.717) is 72.3 Å². The van der Waals surface area contributed by atoms with Crippen molar-refractivity contribution < 1.29 is 24.5 Å². The first kappa shape index (κ1) is 43.1. The van der Waals surface area contributed by atoms with Gasteiger partial charge < -0.3 is 35.4 Å². The number of thiocarbonyl (C=S) groups is 2. The van der Waals surface area contributed by atoms with Crippen molar-refractivity contribution in [2.75, 3.05) is 110 Å². The van der Waals surface area contributed by atoms with Gasteiger partial charge in [-0.05, 0) is 58.0 Å². The summed E-state index contributed by atoms with van der Waals surface area (Å²) in [5.74, 6) is -0.521. The van der Waals surface area contributed by atoms with E-state index in [1.54, 1.807) is 0 Å². The van der Waals surface area contributed by atoms with Crippen LogP contribution in [0, 0.1) is 0 Å². The Hall–Kier alpha value is -1.67. The number of piperidine rings is 1.